The molecule has 4 nitrogen and oxygen atoms in total. The number of benzene rings is 1. The van der Waals surface area contributed by atoms with Crippen LogP contribution in [0.1, 0.15) is 11.1 Å². The molecular formula is C16H17ClN4S. The van der Waals surface area contributed by atoms with Crippen molar-refractivity contribution in [2.45, 2.75) is 20.4 Å². The quantitative estimate of drug-likeness (QED) is 0.729. The smallest absolute Gasteiger partial charge is 0.186 e. The summed E-state index contributed by atoms with van der Waals surface area (Å²) in [5.74, 6) is 0.649. The van der Waals surface area contributed by atoms with Crippen molar-refractivity contribution < 1.29 is 0 Å². The van der Waals surface area contributed by atoms with Gasteiger partial charge in [-0.2, -0.15) is 5.10 Å². The number of hydrogen-bond donors (Lipinski definition) is 0. The molecule has 0 N–H and O–H groups in total. The molecule has 1 aliphatic rings. The maximum atomic E-state index is 6.13. The Morgan fingerprint density at radius 2 is 2.14 bits per heavy atom. The van der Waals surface area contributed by atoms with Crippen molar-refractivity contribution in [1.82, 2.24) is 14.8 Å². The van der Waals surface area contributed by atoms with Crippen molar-refractivity contribution in [3.8, 4) is 0 Å². The van der Waals surface area contributed by atoms with E-state index in [0.29, 0.717) is 5.92 Å². The third-order valence-corrected chi connectivity index (χ3v) is 5.36. The number of anilines is 1. The number of rotatable bonds is 3. The van der Waals surface area contributed by atoms with Gasteiger partial charge in [0.25, 0.3) is 0 Å². The van der Waals surface area contributed by atoms with E-state index in [1.807, 2.05) is 23.0 Å². The molecule has 0 bridgehead atoms. The summed E-state index contributed by atoms with van der Waals surface area (Å²) in [6.07, 6.45) is 4.02. The third kappa shape index (κ3) is 2.48. The number of aryl methyl sites for hydroxylation is 2. The molecule has 6 heteroatoms. The van der Waals surface area contributed by atoms with Crippen molar-refractivity contribution in [1.29, 1.82) is 0 Å². The molecule has 0 aliphatic carbocycles. The summed E-state index contributed by atoms with van der Waals surface area (Å²) in [6.45, 7) is 7.22. The zero-order valence-electron chi connectivity index (χ0n) is 12.6. The zero-order valence-corrected chi connectivity index (χ0v) is 14.2. The summed E-state index contributed by atoms with van der Waals surface area (Å²) in [4.78, 5) is 7.13. The van der Waals surface area contributed by atoms with Gasteiger partial charge in [0.2, 0.25) is 0 Å². The van der Waals surface area contributed by atoms with Crippen LogP contribution in [0, 0.1) is 19.8 Å². The van der Waals surface area contributed by atoms with Gasteiger partial charge in [0.05, 0.1) is 16.4 Å². The van der Waals surface area contributed by atoms with Gasteiger partial charge in [0.15, 0.2) is 5.13 Å². The Balaban J connectivity index is 1.47. The fraction of sp³-hybridized carbons (Fsp3) is 0.375. The second-order valence-electron chi connectivity index (χ2n) is 6.08. The minimum atomic E-state index is 0.649. The summed E-state index contributed by atoms with van der Waals surface area (Å²) in [5.41, 5.74) is 3.44. The summed E-state index contributed by atoms with van der Waals surface area (Å²) in [6, 6.07) is 3.99. The van der Waals surface area contributed by atoms with Crippen molar-refractivity contribution in [3.05, 3.63) is 40.7 Å². The lowest BCUT2D eigenvalue weighted by atomic mass is 10.0. The Morgan fingerprint density at radius 1 is 1.32 bits per heavy atom. The molecule has 1 aromatic carbocycles. The highest BCUT2D eigenvalue weighted by molar-refractivity contribution is 7.22. The van der Waals surface area contributed by atoms with E-state index in [0.717, 1.165) is 40.9 Å². The normalized spacial score (nSPS) is 15.5. The Hall–Kier alpha value is -1.59. The Kier molecular flexibility index (Phi) is 3.35. The van der Waals surface area contributed by atoms with E-state index in [9.17, 15) is 0 Å². The molecule has 0 amide bonds. The van der Waals surface area contributed by atoms with E-state index in [1.54, 1.807) is 11.3 Å². The Bertz CT molecular complexity index is 832. The van der Waals surface area contributed by atoms with Crippen LogP contribution in [0.15, 0.2) is 24.5 Å². The second kappa shape index (κ2) is 5.25. The average molecular weight is 333 g/mol. The highest BCUT2D eigenvalue weighted by Gasteiger charge is 2.29. The molecule has 1 aliphatic heterocycles. The number of fused-ring (bicyclic) bond motifs is 1. The number of thiazole rings is 1. The lowest BCUT2D eigenvalue weighted by molar-refractivity contribution is 0.342. The van der Waals surface area contributed by atoms with Crippen LogP contribution in [0.25, 0.3) is 10.2 Å². The molecule has 1 fully saturated rings. The first-order chi connectivity index (χ1) is 10.6. The van der Waals surface area contributed by atoms with E-state index >= 15 is 0 Å². The summed E-state index contributed by atoms with van der Waals surface area (Å²) in [5, 5.41) is 6.25. The van der Waals surface area contributed by atoms with Crippen LogP contribution in [0.2, 0.25) is 5.02 Å². The van der Waals surface area contributed by atoms with Gasteiger partial charge in [0.1, 0.15) is 0 Å². The largest absolute Gasteiger partial charge is 0.347 e. The van der Waals surface area contributed by atoms with E-state index in [4.69, 9.17) is 16.6 Å². The van der Waals surface area contributed by atoms with Crippen molar-refractivity contribution in [2.24, 2.45) is 5.92 Å². The number of halogens is 1. The van der Waals surface area contributed by atoms with Crippen LogP contribution in [-0.4, -0.2) is 27.9 Å². The molecule has 1 saturated heterocycles. The predicted octanol–water partition coefficient (Wildman–Crippen LogP) is 3.90. The third-order valence-electron chi connectivity index (χ3n) is 4.07. The van der Waals surface area contributed by atoms with Gasteiger partial charge in [-0.1, -0.05) is 22.9 Å². The zero-order chi connectivity index (χ0) is 15.3. The van der Waals surface area contributed by atoms with Crippen molar-refractivity contribution >= 4 is 38.3 Å². The molecule has 0 saturated carbocycles. The first-order valence-electron chi connectivity index (χ1n) is 7.39. The Labute approximate surface area is 138 Å². The maximum absolute atomic E-state index is 6.13. The van der Waals surface area contributed by atoms with Crippen molar-refractivity contribution in [2.75, 3.05) is 18.0 Å². The molecule has 3 heterocycles. The van der Waals surface area contributed by atoms with Gasteiger partial charge in [-0.05, 0) is 37.1 Å². The molecule has 2 aromatic heterocycles. The van der Waals surface area contributed by atoms with Crippen LogP contribution in [0.4, 0.5) is 5.13 Å². The monoisotopic (exact) mass is 332 g/mol. The highest BCUT2D eigenvalue weighted by Crippen LogP contribution is 2.35. The van der Waals surface area contributed by atoms with E-state index < -0.39 is 0 Å². The van der Waals surface area contributed by atoms with Gasteiger partial charge in [0, 0.05) is 36.8 Å². The van der Waals surface area contributed by atoms with Crippen LogP contribution < -0.4 is 4.90 Å². The lowest BCUT2D eigenvalue weighted by Gasteiger charge is -2.39. The molecular weight excluding hydrogens is 316 g/mol. The standard InChI is InChI=1S/C16H17ClN4S/c1-10-5-18-21(6-10)9-12-7-20(8-12)16-19-15-11(2)3-13(17)4-14(15)22-16/h3-6,12H,7-9H2,1-2H3. The molecule has 0 atom stereocenters. The van der Waals surface area contributed by atoms with Crippen LogP contribution in [-0.2, 0) is 6.54 Å². The minimum absolute atomic E-state index is 0.649. The van der Waals surface area contributed by atoms with E-state index in [2.05, 4.69) is 30.0 Å². The first kappa shape index (κ1) is 14.0. The molecule has 0 radical (unpaired) electrons. The van der Waals surface area contributed by atoms with Gasteiger partial charge < -0.3 is 4.90 Å². The number of aromatic nitrogens is 3. The van der Waals surface area contributed by atoms with Gasteiger partial charge in [-0.15, -0.1) is 0 Å². The topological polar surface area (TPSA) is 34.0 Å². The van der Waals surface area contributed by atoms with Gasteiger partial charge >= 0.3 is 0 Å². The minimum Gasteiger partial charge on any atom is -0.347 e. The van der Waals surface area contributed by atoms with E-state index in [-0.39, 0.29) is 0 Å². The summed E-state index contributed by atoms with van der Waals surface area (Å²) in [7, 11) is 0. The lowest BCUT2D eigenvalue weighted by Crippen LogP contribution is -2.48. The Morgan fingerprint density at radius 3 is 2.86 bits per heavy atom. The fourth-order valence-corrected chi connectivity index (χ4v) is 4.39. The number of nitrogens with zero attached hydrogens (tertiary/aromatic N) is 4. The van der Waals surface area contributed by atoms with E-state index in [1.165, 1.54) is 10.3 Å². The van der Waals surface area contributed by atoms with Crippen LogP contribution >= 0.6 is 22.9 Å². The molecule has 4 rings (SSSR count). The predicted molar refractivity (Wildman–Crippen MR) is 92.0 cm³/mol. The highest BCUT2D eigenvalue weighted by atomic mass is 35.5. The molecule has 3 aromatic rings. The average Bonchev–Trinajstić information content (AvgIpc) is 2.99. The van der Waals surface area contributed by atoms with Crippen LogP contribution in [0.5, 0.6) is 0 Å². The first-order valence-corrected chi connectivity index (χ1v) is 8.58. The fourth-order valence-electron chi connectivity index (χ4n) is 2.95. The van der Waals surface area contributed by atoms with Gasteiger partial charge in [-0.25, -0.2) is 4.98 Å². The molecule has 0 unspecified atom stereocenters. The number of hydrogen-bond acceptors (Lipinski definition) is 4. The van der Waals surface area contributed by atoms with Crippen molar-refractivity contribution in [3.63, 3.8) is 0 Å². The van der Waals surface area contributed by atoms with Gasteiger partial charge in [-0.3, -0.25) is 4.68 Å². The summed E-state index contributed by atoms with van der Waals surface area (Å²) < 4.78 is 3.21. The molecule has 0 spiro atoms. The summed E-state index contributed by atoms with van der Waals surface area (Å²) >= 11 is 7.86. The SMILES string of the molecule is Cc1cnn(CC2CN(c3nc4c(C)cc(Cl)cc4s3)C2)c1. The second-order valence-corrected chi connectivity index (χ2v) is 7.52. The molecule has 114 valence electrons. The maximum Gasteiger partial charge on any atom is 0.186 e. The van der Waals surface area contributed by atoms with Crippen LogP contribution in [0.3, 0.4) is 0 Å². The molecule has 22 heavy (non-hydrogen) atoms.